The summed E-state index contributed by atoms with van der Waals surface area (Å²) >= 11 is 5.11. The highest BCUT2D eigenvalue weighted by Crippen LogP contribution is 2.68. The number of aliphatic hydroxyl groups excluding tert-OH is 1. The van der Waals surface area contributed by atoms with Crippen molar-refractivity contribution in [2.75, 3.05) is 19.3 Å². The Balaban J connectivity index is 1.45. The van der Waals surface area contributed by atoms with Crippen molar-refractivity contribution in [1.29, 1.82) is 0 Å². The van der Waals surface area contributed by atoms with Crippen LogP contribution in [0.15, 0.2) is 0 Å². The molecule has 4 rings (SSSR count). The summed E-state index contributed by atoms with van der Waals surface area (Å²) in [6.07, 6.45) is 9.16. The van der Waals surface area contributed by atoms with Crippen LogP contribution in [0.25, 0.3) is 0 Å². The van der Waals surface area contributed by atoms with E-state index in [-0.39, 0.29) is 35.1 Å². The van der Waals surface area contributed by atoms with Gasteiger partial charge in [0.1, 0.15) is 0 Å². The van der Waals surface area contributed by atoms with Crippen LogP contribution in [0, 0.1) is 46.3 Å². The van der Waals surface area contributed by atoms with Gasteiger partial charge in [-0.15, -0.1) is 0 Å². The maximum Gasteiger partial charge on any atom is 0.266 e. The number of amides is 1. The number of hydrogen-bond acceptors (Lipinski definition) is 6. The number of aliphatic hydroxyl groups is 1. The first-order chi connectivity index (χ1) is 16.8. The minimum absolute atomic E-state index is 0.0733. The maximum absolute atomic E-state index is 12.4. The zero-order chi connectivity index (χ0) is 26.5. The van der Waals surface area contributed by atoms with E-state index in [1.807, 2.05) is 0 Å². The molecule has 11 atom stereocenters. The fourth-order valence-corrected chi connectivity index (χ4v) is 10.3. The second kappa shape index (κ2) is 10.7. The summed E-state index contributed by atoms with van der Waals surface area (Å²) in [5.74, 6) is 2.46. The Morgan fingerprint density at radius 3 is 2.42 bits per heavy atom. The van der Waals surface area contributed by atoms with Crippen LogP contribution in [0.5, 0.6) is 0 Å². The molecule has 0 saturated heterocycles. The van der Waals surface area contributed by atoms with Crippen molar-refractivity contribution in [3.05, 3.63) is 0 Å². The Labute approximate surface area is 223 Å². The van der Waals surface area contributed by atoms with E-state index in [2.05, 4.69) is 38.5 Å². The predicted octanol–water partition coefficient (Wildman–Crippen LogP) is 3.53. The number of rotatable bonds is 8. The summed E-state index contributed by atoms with van der Waals surface area (Å²) in [6, 6.07) is 0.492. The minimum Gasteiger partial charge on any atom is -0.393 e. The molecule has 0 heterocycles. The standard InChI is InChI=1S/C27H48N2O5S2/c1-16(13-23(31)29-11-12-36(32,33)34)25(35)21-6-5-19-24-20(8-10-27(19,21)3)26(2)9-7-18(30)14-17(26)15-22(24)28-4/h16-22,24-25,28,30,35H,5-15H2,1-4H3,(H,29,31)(H,32,33,34)/t16?,17?,18-,19+,20?,21?,22?,24?,25-,26?,27?/m1/s1. The number of carbonyl (C=O) groups is 1. The predicted molar refractivity (Wildman–Crippen MR) is 145 cm³/mol. The van der Waals surface area contributed by atoms with Crippen molar-refractivity contribution in [2.45, 2.75) is 96.0 Å². The third kappa shape index (κ3) is 5.38. The van der Waals surface area contributed by atoms with Gasteiger partial charge >= 0.3 is 0 Å². The molecule has 0 aliphatic heterocycles. The van der Waals surface area contributed by atoms with Crippen molar-refractivity contribution < 1.29 is 22.9 Å². The van der Waals surface area contributed by atoms with Crippen molar-refractivity contribution in [2.24, 2.45) is 46.3 Å². The highest BCUT2D eigenvalue weighted by atomic mass is 32.2. The molecule has 0 radical (unpaired) electrons. The van der Waals surface area contributed by atoms with E-state index < -0.39 is 15.9 Å². The molecule has 7 nitrogen and oxygen atoms in total. The average Bonchev–Trinajstić information content (AvgIpc) is 3.14. The van der Waals surface area contributed by atoms with Crippen molar-refractivity contribution in [3.8, 4) is 0 Å². The molecule has 9 heteroatoms. The van der Waals surface area contributed by atoms with Gasteiger partial charge in [0, 0.05) is 24.3 Å². The second-order valence-electron chi connectivity index (χ2n) is 13.1. The van der Waals surface area contributed by atoms with E-state index in [1.165, 1.54) is 19.3 Å². The Kier molecular flexibility index (Phi) is 8.49. The van der Waals surface area contributed by atoms with Gasteiger partial charge in [0.05, 0.1) is 11.9 Å². The van der Waals surface area contributed by atoms with Crippen LogP contribution in [0.3, 0.4) is 0 Å². The van der Waals surface area contributed by atoms with Gasteiger partial charge in [-0.1, -0.05) is 20.8 Å². The SMILES string of the molecule is CNC1CC2C[C@H](O)CCC2(C)C2CCC3(C)C([C@H](S)C(C)CC(=O)NCCS(=O)(=O)O)CC[C@H]3C12. The quantitative estimate of drug-likeness (QED) is 0.236. The molecule has 0 aromatic rings. The van der Waals surface area contributed by atoms with Crippen LogP contribution in [0.4, 0.5) is 0 Å². The van der Waals surface area contributed by atoms with Gasteiger partial charge in [-0.2, -0.15) is 21.0 Å². The molecule has 4 aliphatic carbocycles. The van der Waals surface area contributed by atoms with Gasteiger partial charge in [-0.3, -0.25) is 9.35 Å². The molecule has 208 valence electrons. The largest absolute Gasteiger partial charge is 0.393 e. The molecule has 4 aliphatic rings. The zero-order valence-corrected chi connectivity index (χ0v) is 24.2. The van der Waals surface area contributed by atoms with Gasteiger partial charge in [-0.25, -0.2) is 0 Å². The van der Waals surface area contributed by atoms with E-state index in [0.717, 1.165) is 32.1 Å². The molecule has 36 heavy (non-hydrogen) atoms. The Morgan fingerprint density at radius 1 is 1.08 bits per heavy atom. The summed E-state index contributed by atoms with van der Waals surface area (Å²) in [4.78, 5) is 12.4. The minimum atomic E-state index is -4.08. The highest BCUT2D eigenvalue weighted by molar-refractivity contribution is 7.85. The van der Waals surface area contributed by atoms with Crippen LogP contribution in [0.2, 0.25) is 0 Å². The van der Waals surface area contributed by atoms with E-state index in [1.54, 1.807) is 0 Å². The molecule has 0 spiro atoms. The van der Waals surface area contributed by atoms with Crippen molar-refractivity contribution >= 4 is 28.7 Å². The number of nitrogens with one attached hydrogen (secondary N) is 2. The maximum atomic E-state index is 12.4. The third-order valence-electron chi connectivity index (χ3n) is 11.3. The molecule has 4 fully saturated rings. The van der Waals surface area contributed by atoms with Crippen LogP contribution in [-0.4, -0.2) is 60.7 Å². The van der Waals surface area contributed by atoms with Gasteiger partial charge in [0.25, 0.3) is 10.1 Å². The monoisotopic (exact) mass is 544 g/mol. The Hall–Kier alpha value is -0.350. The first-order valence-corrected chi connectivity index (χ1v) is 16.2. The van der Waals surface area contributed by atoms with Crippen LogP contribution in [0.1, 0.15) is 78.6 Å². The molecule has 4 N–H and O–H groups in total. The molecule has 0 aromatic heterocycles. The molecule has 1 amide bonds. The average molecular weight is 545 g/mol. The molecule has 0 bridgehead atoms. The number of thiol groups is 1. The smallest absolute Gasteiger partial charge is 0.266 e. The van der Waals surface area contributed by atoms with Crippen molar-refractivity contribution in [3.63, 3.8) is 0 Å². The number of hydrogen-bond donors (Lipinski definition) is 5. The Bertz CT molecular complexity index is 916. The van der Waals surface area contributed by atoms with E-state index in [9.17, 15) is 18.3 Å². The second-order valence-corrected chi connectivity index (χ2v) is 15.3. The number of fused-ring (bicyclic) bond motifs is 5. The lowest BCUT2D eigenvalue weighted by Crippen LogP contribution is -2.61. The summed E-state index contributed by atoms with van der Waals surface area (Å²) in [6.45, 7) is 7.01. The fraction of sp³-hybridized carbons (Fsp3) is 0.963. The normalized spacial score (nSPS) is 44.1. The summed E-state index contributed by atoms with van der Waals surface area (Å²) in [5.41, 5.74) is 0.528. The summed E-state index contributed by atoms with van der Waals surface area (Å²) in [7, 11) is -1.96. The van der Waals surface area contributed by atoms with Gasteiger partial charge < -0.3 is 15.7 Å². The lowest BCUT2D eigenvalue weighted by atomic mass is 9.43. The van der Waals surface area contributed by atoms with Gasteiger partial charge in [0.15, 0.2) is 0 Å². The molecule has 0 aromatic carbocycles. The zero-order valence-electron chi connectivity index (χ0n) is 22.4. The van der Waals surface area contributed by atoms with Crippen LogP contribution >= 0.6 is 12.6 Å². The van der Waals surface area contributed by atoms with E-state index in [4.69, 9.17) is 17.2 Å². The Morgan fingerprint density at radius 2 is 1.75 bits per heavy atom. The van der Waals surface area contributed by atoms with E-state index >= 15 is 0 Å². The first kappa shape index (κ1) is 28.7. The molecular formula is C27H48N2O5S2. The van der Waals surface area contributed by atoms with E-state index in [0.29, 0.717) is 47.5 Å². The van der Waals surface area contributed by atoms with Crippen LogP contribution in [-0.2, 0) is 14.9 Å². The lowest BCUT2D eigenvalue weighted by Gasteiger charge is -2.63. The van der Waals surface area contributed by atoms with Gasteiger partial charge in [0.2, 0.25) is 5.91 Å². The molecule has 4 saturated carbocycles. The highest BCUT2D eigenvalue weighted by Gasteiger charge is 2.63. The van der Waals surface area contributed by atoms with Crippen LogP contribution < -0.4 is 10.6 Å². The topological polar surface area (TPSA) is 116 Å². The number of carbonyl (C=O) groups excluding carboxylic acids is 1. The third-order valence-corrected chi connectivity index (χ3v) is 12.9. The van der Waals surface area contributed by atoms with Gasteiger partial charge in [-0.05, 0) is 105 Å². The molecular weight excluding hydrogens is 496 g/mol. The lowest BCUT2D eigenvalue weighted by molar-refractivity contribution is -0.139. The first-order valence-electron chi connectivity index (χ1n) is 14.1. The summed E-state index contributed by atoms with van der Waals surface area (Å²) < 4.78 is 30.7. The molecule has 8 unspecified atom stereocenters. The fourth-order valence-electron chi connectivity index (χ4n) is 9.35. The van der Waals surface area contributed by atoms with Crippen molar-refractivity contribution in [1.82, 2.24) is 10.6 Å². The summed E-state index contributed by atoms with van der Waals surface area (Å²) in [5, 5.41) is 16.8.